The maximum absolute atomic E-state index is 12.9. The van der Waals surface area contributed by atoms with Gasteiger partial charge in [-0.1, -0.05) is 12.1 Å². The van der Waals surface area contributed by atoms with Crippen molar-refractivity contribution < 1.29 is 32.3 Å². The lowest BCUT2D eigenvalue weighted by Crippen LogP contribution is -2.31. The fourth-order valence-electron chi connectivity index (χ4n) is 3.96. The van der Waals surface area contributed by atoms with E-state index in [9.17, 15) is 27.6 Å². The van der Waals surface area contributed by atoms with Crippen molar-refractivity contribution in [3.63, 3.8) is 0 Å². The van der Waals surface area contributed by atoms with Crippen LogP contribution in [0.2, 0.25) is 0 Å². The smallest absolute Gasteiger partial charge is 0.376 e. The van der Waals surface area contributed by atoms with E-state index in [1.54, 1.807) is 36.4 Å². The highest BCUT2D eigenvalue weighted by atomic mass is 19.4. The molecule has 4 N–H and O–H groups in total. The van der Waals surface area contributed by atoms with Crippen LogP contribution in [0.3, 0.4) is 0 Å². The van der Waals surface area contributed by atoms with Gasteiger partial charge in [0, 0.05) is 41.3 Å². The normalized spacial score (nSPS) is 14.9. The van der Waals surface area contributed by atoms with Crippen LogP contribution >= 0.6 is 0 Å². The number of amides is 3. The Morgan fingerprint density at radius 3 is 2.23 bits per heavy atom. The Bertz CT molecular complexity index is 1320. The van der Waals surface area contributed by atoms with Crippen molar-refractivity contribution in [2.24, 2.45) is 0 Å². The van der Waals surface area contributed by atoms with Crippen molar-refractivity contribution in [1.29, 1.82) is 0 Å². The predicted octanol–water partition coefficient (Wildman–Crippen LogP) is 4.92. The second-order valence-corrected chi connectivity index (χ2v) is 8.94. The molecule has 1 saturated heterocycles. The number of benzene rings is 3. The van der Waals surface area contributed by atoms with Gasteiger partial charge in [-0.25, -0.2) is 0 Å². The molecule has 1 aliphatic rings. The highest BCUT2D eigenvalue weighted by molar-refractivity contribution is 6.05. The number of hydrogen-bond acceptors (Lipinski definition) is 5. The van der Waals surface area contributed by atoms with Crippen LogP contribution in [0, 0.1) is 0 Å². The van der Waals surface area contributed by atoms with Crippen molar-refractivity contribution in [2.45, 2.75) is 25.1 Å². The molecule has 0 radical (unpaired) electrons. The van der Waals surface area contributed by atoms with E-state index in [0.717, 1.165) is 31.6 Å². The largest absolute Gasteiger partial charge is 0.416 e. The second-order valence-electron chi connectivity index (χ2n) is 8.94. The molecule has 0 aliphatic carbocycles. The summed E-state index contributed by atoms with van der Waals surface area (Å²) in [5.41, 5.74) is 0.752. The average molecular weight is 541 g/mol. The molecule has 4 rings (SSSR count). The lowest BCUT2D eigenvalue weighted by molar-refractivity contribution is -0.137. The number of hydrogen-bond donors (Lipinski definition) is 4. The van der Waals surface area contributed by atoms with E-state index < -0.39 is 17.6 Å². The summed E-state index contributed by atoms with van der Waals surface area (Å²) in [5, 5.41) is 10.9. The Morgan fingerprint density at radius 2 is 1.54 bits per heavy atom. The van der Waals surface area contributed by atoms with Crippen LogP contribution in [-0.4, -0.2) is 43.5 Å². The molecule has 3 amide bonds. The van der Waals surface area contributed by atoms with E-state index in [-0.39, 0.29) is 35.7 Å². The summed E-state index contributed by atoms with van der Waals surface area (Å²) in [4.78, 5) is 37.3. The van der Waals surface area contributed by atoms with Crippen LogP contribution in [0.15, 0.2) is 72.8 Å². The Labute approximate surface area is 222 Å². The highest BCUT2D eigenvalue weighted by Crippen LogP contribution is 2.30. The number of ether oxygens (including phenoxy) is 1. The van der Waals surface area contributed by atoms with Gasteiger partial charge in [0.2, 0.25) is 5.91 Å². The third-order valence-electron chi connectivity index (χ3n) is 5.97. The molecule has 3 aromatic carbocycles. The lowest BCUT2D eigenvalue weighted by atomic mass is 10.1. The number of nitrogens with one attached hydrogen (secondary N) is 4. The molecule has 8 nitrogen and oxygen atoms in total. The molecule has 3 aromatic rings. The fraction of sp³-hybridized carbons (Fsp3) is 0.250. The topological polar surface area (TPSA) is 109 Å². The maximum atomic E-state index is 12.9. The van der Waals surface area contributed by atoms with Gasteiger partial charge in [-0.2, -0.15) is 13.2 Å². The number of carbonyl (C=O) groups is 3. The standard InChI is InChI=1S/C28H27F3N4O4/c29-28(30,31)20-5-2-7-23(15-20)35-27(38)19-4-1-6-22(14-19)34-25(36)17-32-21-11-9-18(10-12-21)26(37)33-16-24-8-3-13-39-24/h1-2,4-7,9-12,14-15,24,32H,3,8,13,16-17H2,(H,33,37)(H,34,36)(H,35,38). The van der Waals surface area contributed by atoms with E-state index in [1.807, 2.05) is 0 Å². The van der Waals surface area contributed by atoms with Crippen molar-refractivity contribution in [3.05, 3.63) is 89.5 Å². The van der Waals surface area contributed by atoms with Crippen molar-refractivity contribution in [3.8, 4) is 0 Å². The van der Waals surface area contributed by atoms with Crippen LogP contribution < -0.4 is 21.3 Å². The molecule has 0 bridgehead atoms. The first-order valence-electron chi connectivity index (χ1n) is 12.3. The minimum Gasteiger partial charge on any atom is -0.376 e. The number of rotatable bonds is 9. The van der Waals surface area contributed by atoms with E-state index in [4.69, 9.17) is 4.74 Å². The number of anilines is 3. The summed E-state index contributed by atoms with van der Waals surface area (Å²) < 4.78 is 44.3. The van der Waals surface area contributed by atoms with Gasteiger partial charge in [0.25, 0.3) is 11.8 Å². The first-order valence-corrected chi connectivity index (χ1v) is 12.3. The predicted molar refractivity (Wildman–Crippen MR) is 141 cm³/mol. The minimum atomic E-state index is -4.53. The number of halogens is 3. The van der Waals surface area contributed by atoms with E-state index in [1.165, 1.54) is 24.3 Å². The van der Waals surface area contributed by atoms with Crippen LogP contribution in [0.1, 0.15) is 39.1 Å². The zero-order chi connectivity index (χ0) is 27.8. The van der Waals surface area contributed by atoms with Gasteiger partial charge in [-0.3, -0.25) is 14.4 Å². The van der Waals surface area contributed by atoms with Gasteiger partial charge >= 0.3 is 6.18 Å². The Balaban J connectivity index is 1.26. The quantitative estimate of drug-likeness (QED) is 0.308. The van der Waals surface area contributed by atoms with Crippen molar-refractivity contribution >= 4 is 34.8 Å². The summed E-state index contributed by atoms with van der Waals surface area (Å²) in [6.45, 7) is 1.11. The number of alkyl halides is 3. The zero-order valence-corrected chi connectivity index (χ0v) is 20.8. The Hall–Kier alpha value is -4.38. The zero-order valence-electron chi connectivity index (χ0n) is 20.8. The highest BCUT2D eigenvalue weighted by Gasteiger charge is 2.30. The molecule has 1 aliphatic heterocycles. The molecule has 0 saturated carbocycles. The van der Waals surface area contributed by atoms with Crippen LogP contribution in [0.25, 0.3) is 0 Å². The molecule has 204 valence electrons. The number of carbonyl (C=O) groups excluding carboxylic acids is 3. The van der Waals surface area contributed by atoms with Crippen molar-refractivity contribution in [1.82, 2.24) is 5.32 Å². The fourth-order valence-corrected chi connectivity index (χ4v) is 3.96. The van der Waals surface area contributed by atoms with Crippen LogP contribution in [0.5, 0.6) is 0 Å². The molecule has 1 heterocycles. The van der Waals surface area contributed by atoms with Gasteiger partial charge < -0.3 is 26.0 Å². The molecule has 0 aromatic heterocycles. The third-order valence-corrected chi connectivity index (χ3v) is 5.97. The molecule has 1 unspecified atom stereocenters. The summed E-state index contributed by atoms with van der Waals surface area (Å²) >= 11 is 0. The maximum Gasteiger partial charge on any atom is 0.416 e. The first kappa shape index (κ1) is 27.6. The third kappa shape index (κ3) is 8.05. The van der Waals surface area contributed by atoms with E-state index >= 15 is 0 Å². The first-order chi connectivity index (χ1) is 18.7. The minimum absolute atomic E-state index is 0.000191. The average Bonchev–Trinajstić information content (AvgIpc) is 3.44. The van der Waals surface area contributed by atoms with E-state index in [0.29, 0.717) is 23.5 Å². The summed E-state index contributed by atoms with van der Waals surface area (Å²) in [6.07, 6.45) is -2.54. The summed E-state index contributed by atoms with van der Waals surface area (Å²) in [6, 6.07) is 17.0. The van der Waals surface area contributed by atoms with Crippen LogP contribution in [-0.2, 0) is 15.7 Å². The summed E-state index contributed by atoms with van der Waals surface area (Å²) in [5.74, 6) is -1.21. The van der Waals surface area contributed by atoms with Gasteiger partial charge in [-0.15, -0.1) is 0 Å². The second kappa shape index (κ2) is 12.4. The summed E-state index contributed by atoms with van der Waals surface area (Å²) in [7, 11) is 0. The molecule has 11 heteroatoms. The lowest BCUT2D eigenvalue weighted by Gasteiger charge is -2.12. The van der Waals surface area contributed by atoms with Gasteiger partial charge in [-0.05, 0) is 73.5 Å². The van der Waals surface area contributed by atoms with Gasteiger partial charge in [0.15, 0.2) is 0 Å². The SMILES string of the molecule is O=C(CNc1ccc(C(=O)NCC2CCCO2)cc1)Nc1cccc(C(=O)Nc2cccc(C(F)(F)F)c2)c1. The molecule has 1 fully saturated rings. The van der Waals surface area contributed by atoms with E-state index in [2.05, 4.69) is 21.3 Å². The Kier molecular flexibility index (Phi) is 8.82. The van der Waals surface area contributed by atoms with Crippen LogP contribution in [0.4, 0.5) is 30.2 Å². The molecule has 0 spiro atoms. The molecule has 39 heavy (non-hydrogen) atoms. The molecular formula is C28H27F3N4O4. The Morgan fingerprint density at radius 1 is 0.821 bits per heavy atom. The monoisotopic (exact) mass is 540 g/mol. The van der Waals surface area contributed by atoms with Gasteiger partial charge in [0.05, 0.1) is 18.2 Å². The molecular weight excluding hydrogens is 513 g/mol. The van der Waals surface area contributed by atoms with Crippen molar-refractivity contribution in [2.75, 3.05) is 35.6 Å². The van der Waals surface area contributed by atoms with Gasteiger partial charge in [0.1, 0.15) is 0 Å². The molecule has 1 atom stereocenters.